The number of rotatable bonds is 3. The Labute approximate surface area is 123 Å². The molecule has 4 rings (SSSR count). The Morgan fingerprint density at radius 1 is 1.30 bits per heavy atom. The van der Waals surface area contributed by atoms with Crippen molar-refractivity contribution in [1.82, 2.24) is 10.3 Å². The summed E-state index contributed by atoms with van der Waals surface area (Å²) < 4.78 is 0. The van der Waals surface area contributed by atoms with Crippen molar-refractivity contribution in [3.05, 3.63) is 28.7 Å². The number of carbonyl (C=O) groups excluding carboxylic acids is 1. The zero-order valence-electron chi connectivity index (χ0n) is 11.5. The quantitative estimate of drug-likeness (QED) is 0.868. The molecule has 1 amide bonds. The van der Waals surface area contributed by atoms with Crippen molar-refractivity contribution in [3.8, 4) is 0 Å². The van der Waals surface area contributed by atoms with E-state index in [0.717, 1.165) is 24.3 Å². The van der Waals surface area contributed by atoms with Gasteiger partial charge in [-0.3, -0.25) is 4.79 Å². The second kappa shape index (κ2) is 4.69. The van der Waals surface area contributed by atoms with Crippen molar-refractivity contribution in [1.29, 1.82) is 0 Å². The van der Waals surface area contributed by atoms with Gasteiger partial charge in [-0.15, -0.1) is 11.3 Å². The molecule has 3 aliphatic rings. The van der Waals surface area contributed by atoms with Crippen LogP contribution in [0.3, 0.4) is 0 Å². The van der Waals surface area contributed by atoms with Crippen molar-refractivity contribution < 1.29 is 4.79 Å². The van der Waals surface area contributed by atoms with Gasteiger partial charge in [0.15, 0.2) is 0 Å². The lowest BCUT2D eigenvalue weighted by atomic mass is 9.90. The van der Waals surface area contributed by atoms with E-state index in [9.17, 15) is 4.79 Å². The number of nitrogens with one attached hydrogen (secondary N) is 1. The van der Waals surface area contributed by atoms with Gasteiger partial charge < -0.3 is 5.32 Å². The lowest BCUT2D eigenvalue weighted by molar-refractivity contribution is -0.127. The minimum Gasteiger partial charge on any atom is -0.344 e. The Morgan fingerprint density at radius 2 is 2.15 bits per heavy atom. The maximum atomic E-state index is 12.7. The molecule has 2 fully saturated rings. The fourth-order valence-electron chi connectivity index (χ4n) is 4.24. The van der Waals surface area contributed by atoms with Gasteiger partial charge in [0.2, 0.25) is 5.91 Å². The number of carbonyl (C=O) groups is 1. The van der Waals surface area contributed by atoms with Crippen molar-refractivity contribution in [2.24, 2.45) is 17.8 Å². The molecule has 0 aromatic carbocycles. The second-order valence-electron chi connectivity index (χ2n) is 6.50. The molecule has 1 heterocycles. The van der Waals surface area contributed by atoms with Crippen LogP contribution in [0, 0.1) is 17.8 Å². The summed E-state index contributed by atoms with van der Waals surface area (Å²) in [5.41, 5.74) is -0.170. The molecular weight excluding hydrogens is 268 g/mol. The third-order valence-corrected chi connectivity index (χ3v) is 6.25. The van der Waals surface area contributed by atoms with E-state index in [-0.39, 0.29) is 17.4 Å². The molecule has 20 heavy (non-hydrogen) atoms. The summed E-state index contributed by atoms with van der Waals surface area (Å²) in [5, 5.41) is 6.51. The summed E-state index contributed by atoms with van der Waals surface area (Å²) in [5.74, 6) is 1.59. The average molecular weight is 288 g/mol. The average Bonchev–Trinajstić information content (AvgIpc) is 3.22. The van der Waals surface area contributed by atoms with Crippen LogP contribution in [0.1, 0.15) is 43.5 Å². The fourth-order valence-corrected chi connectivity index (χ4v) is 5.09. The van der Waals surface area contributed by atoms with Gasteiger partial charge in [0.1, 0.15) is 5.01 Å². The van der Waals surface area contributed by atoms with Crippen LogP contribution in [-0.2, 0) is 10.3 Å². The summed E-state index contributed by atoms with van der Waals surface area (Å²) in [6.45, 7) is 0. The Bertz CT molecular complexity index is 531. The van der Waals surface area contributed by atoms with Crippen molar-refractivity contribution in [3.63, 3.8) is 0 Å². The van der Waals surface area contributed by atoms with Gasteiger partial charge in [-0.1, -0.05) is 25.0 Å². The molecule has 1 N–H and O–H groups in total. The van der Waals surface area contributed by atoms with E-state index in [1.807, 2.05) is 11.6 Å². The molecule has 3 aliphatic carbocycles. The van der Waals surface area contributed by atoms with E-state index < -0.39 is 0 Å². The van der Waals surface area contributed by atoms with Crippen LogP contribution in [0.25, 0.3) is 0 Å². The van der Waals surface area contributed by atoms with Crippen molar-refractivity contribution in [2.45, 2.75) is 44.1 Å². The fraction of sp³-hybridized carbons (Fsp3) is 0.625. The Kier molecular flexibility index (Phi) is 2.95. The summed E-state index contributed by atoms with van der Waals surface area (Å²) in [6, 6.07) is 0. The normalized spacial score (nSPS) is 33.7. The number of aromatic nitrogens is 1. The number of nitrogens with zero attached hydrogens (tertiary/aromatic N) is 1. The van der Waals surface area contributed by atoms with E-state index in [1.165, 1.54) is 19.3 Å². The van der Waals surface area contributed by atoms with Crippen LogP contribution in [0.15, 0.2) is 23.7 Å². The highest BCUT2D eigenvalue weighted by Crippen LogP contribution is 2.45. The molecule has 0 saturated heterocycles. The van der Waals surface area contributed by atoms with E-state index >= 15 is 0 Å². The zero-order valence-corrected chi connectivity index (χ0v) is 12.4. The third-order valence-electron chi connectivity index (χ3n) is 5.28. The van der Waals surface area contributed by atoms with Gasteiger partial charge in [0.05, 0.1) is 5.54 Å². The molecule has 3 nitrogen and oxygen atoms in total. The second-order valence-corrected chi connectivity index (χ2v) is 7.40. The van der Waals surface area contributed by atoms with E-state index in [2.05, 4.69) is 22.5 Å². The molecule has 2 saturated carbocycles. The van der Waals surface area contributed by atoms with Crippen LogP contribution >= 0.6 is 11.3 Å². The predicted octanol–water partition coefficient (Wildman–Crippen LogP) is 3.24. The molecule has 1 aromatic rings. The minimum absolute atomic E-state index is 0.170. The van der Waals surface area contributed by atoms with Crippen molar-refractivity contribution >= 4 is 17.2 Å². The lowest BCUT2D eigenvalue weighted by Gasteiger charge is -2.31. The SMILES string of the molecule is O=C(NC1(c2nccs2)CCCC1)C1CC2C=CC1C2. The van der Waals surface area contributed by atoms with Crippen LogP contribution in [-0.4, -0.2) is 10.9 Å². The molecule has 3 unspecified atom stereocenters. The Morgan fingerprint density at radius 3 is 2.75 bits per heavy atom. The summed E-state index contributed by atoms with van der Waals surface area (Å²) in [7, 11) is 0. The van der Waals surface area contributed by atoms with Crippen LogP contribution in [0.2, 0.25) is 0 Å². The number of amides is 1. The van der Waals surface area contributed by atoms with Crippen LogP contribution < -0.4 is 5.32 Å². The summed E-state index contributed by atoms with van der Waals surface area (Å²) in [6.07, 6.45) is 13.1. The van der Waals surface area contributed by atoms with E-state index in [1.54, 1.807) is 11.3 Å². The molecule has 1 aromatic heterocycles. The predicted molar refractivity (Wildman–Crippen MR) is 79.2 cm³/mol. The molecular formula is C16H20N2OS. The molecule has 3 atom stereocenters. The van der Waals surface area contributed by atoms with Gasteiger partial charge in [-0.25, -0.2) is 4.98 Å². The number of allylic oxidation sites excluding steroid dienone is 2. The van der Waals surface area contributed by atoms with Gasteiger partial charge >= 0.3 is 0 Å². The number of fused-ring (bicyclic) bond motifs is 2. The van der Waals surface area contributed by atoms with Crippen molar-refractivity contribution in [2.75, 3.05) is 0 Å². The first-order valence-corrected chi connectivity index (χ1v) is 8.55. The van der Waals surface area contributed by atoms with Crippen LogP contribution in [0.5, 0.6) is 0 Å². The Hall–Kier alpha value is -1.16. The number of hydrogen-bond donors (Lipinski definition) is 1. The monoisotopic (exact) mass is 288 g/mol. The van der Waals surface area contributed by atoms with Gasteiger partial charge in [-0.05, 0) is 37.5 Å². The molecule has 4 heteroatoms. The molecule has 0 spiro atoms. The molecule has 0 aliphatic heterocycles. The number of hydrogen-bond acceptors (Lipinski definition) is 3. The smallest absolute Gasteiger partial charge is 0.224 e. The summed E-state index contributed by atoms with van der Waals surface area (Å²) >= 11 is 1.68. The first-order chi connectivity index (χ1) is 9.77. The molecule has 2 bridgehead atoms. The zero-order chi connectivity index (χ0) is 13.6. The maximum absolute atomic E-state index is 12.7. The lowest BCUT2D eigenvalue weighted by Crippen LogP contribution is -2.47. The summed E-state index contributed by atoms with van der Waals surface area (Å²) in [4.78, 5) is 17.2. The first kappa shape index (κ1) is 12.6. The Balaban J connectivity index is 1.54. The highest BCUT2D eigenvalue weighted by Gasteiger charge is 2.44. The van der Waals surface area contributed by atoms with Gasteiger partial charge in [0, 0.05) is 17.5 Å². The number of thiazole rings is 1. The first-order valence-electron chi connectivity index (χ1n) is 7.67. The topological polar surface area (TPSA) is 42.0 Å². The molecule has 0 radical (unpaired) electrons. The maximum Gasteiger partial charge on any atom is 0.224 e. The van der Waals surface area contributed by atoms with Gasteiger partial charge in [0.25, 0.3) is 0 Å². The molecule has 106 valence electrons. The standard InChI is InChI=1S/C16H20N2OS/c19-14(13-10-11-3-4-12(13)9-11)18-16(5-1-2-6-16)15-17-7-8-20-15/h3-4,7-8,11-13H,1-2,5-6,9-10H2,(H,18,19). The van der Waals surface area contributed by atoms with E-state index in [0.29, 0.717) is 11.8 Å². The van der Waals surface area contributed by atoms with Gasteiger partial charge in [-0.2, -0.15) is 0 Å². The third kappa shape index (κ3) is 1.93. The minimum atomic E-state index is -0.170. The van der Waals surface area contributed by atoms with E-state index in [4.69, 9.17) is 0 Å². The highest BCUT2D eigenvalue weighted by molar-refractivity contribution is 7.09. The highest BCUT2D eigenvalue weighted by atomic mass is 32.1. The largest absolute Gasteiger partial charge is 0.344 e. The van der Waals surface area contributed by atoms with Crippen LogP contribution in [0.4, 0.5) is 0 Å².